The molecule has 0 unspecified atom stereocenters. The molecule has 1 aliphatic carbocycles. The van der Waals surface area contributed by atoms with E-state index in [2.05, 4.69) is 9.97 Å². The van der Waals surface area contributed by atoms with Gasteiger partial charge < -0.3 is 9.47 Å². The summed E-state index contributed by atoms with van der Waals surface area (Å²) in [4.78, 5) is 21.5. The number of fused-ring (bicyclic) bond motifs is 2. The van der Waals surface area contributed by atoms with Gasteiger partial charge in [0.05, 0.1) is 19.9 Å². The van der Waals surface area contributed by atoms with Crippen LogP contribution in [0.15, 0.2) is 36.7 Å². The highest BCUT2D eigenvalue weighted by molar-refractivity contribution is 6.24. The Morgan fingerprint density at radius 1 is 0.864 bits per heavy atom. The molecule has 0 atom stereocenters. The number of hydrogen-bond donors (Lipinski definition) is 0. The molecule has 0 amide bonds. The van der Waals surface area contributed by atoms with Crippen LogP contribution in [-0.4, -0.2) is 30.0 Å². The molecule has 4 rings (SSSR count). The Labute approximate surface area is 126 Å². The highest BCUT2D eigenvalue weighted by Gasteiger charge is 2.29. The van der Waals surface area contributed by atoms with Crippen LogP contribution in [0.5, 0.6) is 11.5 Å². The van der Waals surface area contributed by atoms with E-state index < -0.39 is 0 Å². The van der Waals surface area contributed by atoms with Gasteiger partial charge in [-0.25, -0.2) is 0 Å². The largest absolute Gasteiger partial charge is 0.493 e. The highest BCUT2D eigenvalue weighted by Crippen LogP contribution is 2.42. The normalized spacial score (nSPS) is 12.2. The minimum absolute atomic E-state index is 0.123. The van der Waals surface area contributed by atoms with Crippen molar-refractivity contribution in [2.24, 2.45) is 0 Å². The Hall–Kier alpha value is -2.95. The number of ether oxygens (including phenoxy) is 2. The molecule has 3 aromatic rings. The van der Waals surface area contributed by atoms with Gasteiger partial charge in [0.1, 0.15) is 5.69 Å². The second-order valence-corrected chi connectivity index (χ2v) is 5.00. The standard InChI is InChI=1S/C17H12N2O3/c1-21-12-7-10-11(8-13(12)22-2)17(20)16-14-9(4-6-19-16)3-5-18-15(10)14/h3-8H,1-2H3. The maximum absolute atomic E-state index is 12.8. The average molecular weight is 292 g/mol. The zero-order chi connectivity index (χ0) is 15.3. The van der Waals surface area contributed by atoms with Crippen molar-refractivity contribution in [1.82, 2.24) is 9.97 Å². The van der Waals surface area contributed by atoms with Crippen LogP contribution in [0.1, 0.15) is 16.1 Å². The molecule has 22 heavy (non-hydrogen) atoms. The van der Waals surface area contributed by atoms with Crippen molar-refractivity contribution in [2.45, 2.75) is 0 Å². The second kappa shape index (κ2) is 4.53. The predicted molar refractivity (Wildman–Crippen MR) is 81.5 cm³/mol. The maximum atomic E-state index is 12.8. The van der Waals surface area contributed by atoms with E-state index in [9.17, 15) is 4.79 Å². The number of hydrogen-bond acceptors (Lipinski definition) is 5. The van der Waals surface area contributed by atoms with Crippen molar-refractivity contribution in [2.75, 3.05) is 14.2 Å². The van der Waals surface area contributed by atoms with Crippen LogP contribution >= 0.6 is 0 Å². The molecule has 0 radical (unpaired) electrons. The summed E-state index contributed by atoms with van der Waals surface area (Å²) in [6.07, 6.45) is 3.38. The van der Waals surface area contributed by atoms with E-state index in [0.717, 1.165) is 22.0 Å². The minimum Gasteiger partial charge on any atom is -0.493 e. The number of nitrogens with zero attached hydrogens (tertiary/aromatic N) is 2. The molecule has 5 nitrogen and oxygen atoms in total. The summed E-state index contributed by atoms with van der Waals surface area (Å²) < 4.78 is 10.6. The molecular formula is C17H12N2O3. The molecule has 0 N–H and O–H groups in total. The van der Waals surface area contributed by atoms with Gasteiger partial charge in [0.25, 0.3) is 0 Å². The number of benzene rings is 1. The number of aromatic nitrogens is 2. The van der Waals surface area contributed by atoms with Crippen LogP contribution in [0.4, 0.5) is 0 Å². The molecule has 1 aromatic carbocycles. The van der Waals surface area contributed by atoms with E-state index in [1.54, 1.807) is 38.7 Å². The fourth-order valence-electron chi connectivity index (χ4n) is 2.89. The summed E-state index contributed by atoms with van der Waals surface area (Å²) >= 11 is 0. The number of pyridine rings is 2. The first-order chi connectivity index (χ1) is 10.7. The Bertz CT molecular complexity index is 929. The van der Waals surface area contributed by atoms with Gasteiger partial charge in [-0.05, 0) is 29.7 Å². The molecule has 1 aliphatic rings. The Morgan fingerprint density at radius 3 is 2.09 bits per heavy atom. The number of rotatable bonds is 2. The van der Waals surface area contributed by atoms with Crippen LogP contribution in [0, 0.1) is 0 Å². The first kappa shape index (κ1) is 12.8. The van der Waals surface area contributed by atoms with E-state index >= 15 is 0 Å². The van der Waals surface area contributed by atoms with Gasteiger partial charge >= 0.3 is 0 Å². The van der Waals surface area contributed by atoms with Crippen LogP contribution in [0.3, 0.4) is 0 Å². The molecule has 2 aromatic heterocycles. The lowest BCUT2D eigenvalue weighted by Crippen LogP contribution is -2.13. The third kappa shape index (κ3) is 1.56. The first-order valence-electron chi connectivity index (χ1n) is 6.79. The van der Waals surface area contributed by atoms with Crippen LogP contribution in [0.25, 0.3) is 22.0 Å². The molecule has 0 aliphatic heterocycles. The lowest BCUT2D eigenvalue weighted by molar-refractivity contribution is 0.103. The zero-order valence-electron chi connectivity index (χ0n) is 12.1. The fraction of sp³-hybridized carbons (Fsp3) is 0.118. The van der Waals surface area contributed by atoms with Crippen LogP contribution in [-0.2, 0) is 0 Å². The lowest BCUT2D eigenvalue weighted by atomic mass is 9.88. The molecular weight excluding hydrogens is 280 g/mol. The smallest absolute Gasteiger partial charge is 0.212 e. The van der Waals surface area contributed by atoms with Crippen molar-refractivity contribution in [3.05, 3.63) is 47.9 Å². The minimum atomic E-state index is -0.123. The van der Waals surface area contributed by atoms with Crippen molar-refractivity contribution < 1.29 is 14.3 Å². The molecule has 0 saturated heterocycles. The zero-order valence-corrected chi connectivity index (χ0v) is 12.1. The first-order valence-corrected chi connectivity index (χ1v) is 6.79. The average Bonchev–Trinajstić information content (AvgIpc) is 2.58. The molecule has 0 bridgehead atoms. The van der Waals surface area contributed by atoms with E-state index in [1.807, 2.05) is 12.1 Å². The van der Waals surface area contributed by atoms with E-state index in [4.69, 9.17) is 9.47 Å². The Kier molecular flexibility index (Phi) is 2.63. The van der Waals surface area contributed by atoms with Crippen molar-refractivity contribution in [3.8, 4) is 22.8 Å². The van der Waals surface area contributed by atoms with E-state index in [0.29, 0.717) is 22.8 Å². The molecule has 0 spiro atoms. The van der Waals surface area contributed by atoms with Gasteiger partial charge in [-0.15, -0.1) is 0 Å². The third-order valence-corrected chi connectivity index (χ3v) is 3.92. The molecule has 2 heterocycles. The van der Waals surface area contributed by atoms with Gasteiger partial charge in [-0.2, -0.15) is 0 Å². The van der Waals surface area contributed by atoms with Gasteiger partial charge in [0.15, 0.2) is 11.5 Å². The number of methoxy groups -OCH3 is 2. The fourth-order valence-corrected chi connectivity index (χ4v) is 2.89. The summed E-state index contributed by atoms with van der Waals surface area (Å²) in [5.41, 5.74) is 2.45. The quantitative estimate of drug-likeness (QED) is 0.568. The topological polar surface area (TPSA) is 61.3 Å². The molecule has 108 valence electrons. The summed E-state index contributed by atoms with van der Waals surface area (Å²) in [6, 6.07) is 7.24. The van der Waals surface area contributed by atoms with Gasteiger partial charge in [0, 0.05) is 28.9 Å². The Morgan fingerprint density at radius 2 is 1.45 bits per heavy atom. The van der Waals surface area contributed by atoms with Gasteiger partial charge in [0.2, 0.25) is 5.78 Å². The number of ketones is 1. The lowest BCUT2D eigenvalue weighted by Gasteiger charge is -2.19. The summed E-state index contributed by atoms with van der Waals surface area (Å²) in [6.45, 7) is 0. The monoisotopic (exact) mass is 292 g/mol. The van der Waals surface area contributed by atoms with Crippen LogP contribution < -0.4 is 9.47 Å². The highest BCUT2D eigenvalue weighted by atomic mass is 16.5. The summed E-state index contributed by atoms with van der Waals surface area (Å²) in [7, 11) is 3.11. The second-order valence-electron chi connectivity index (χ2n) is 5.00. The molecule has 0 saturated carbocycles. The van der Waals surface area contributed by atoms with Crippen molar-refractivity contribution in [3.63, 3.8) is 0 Å². The summed E-state index contributed by atoms with van der Waals surface area (Å²) in [5, 5.41) is 1.73. The predicted octanol–water partition coefficient (Wildman–Crippen LogP) is 2.86. The number of carbonyl (C=O) groups excluding carboxylic acids is 1. The van der Waals surface area contributed by atoms with E-state index in [1.165, 1.54) is 0 Å². The van der Waals surface area contributed by atoms with Gasteiger partial charge in [-0.3, -0.25) is 14.8 Å². The van der Waals surface area contributed by atoms with E-state index in [-0.39, 0.29) is 5.78 Å². The van der Waals surface area contributed by atoms with Crippen molar-refractivity contribution >= 4 is 16.6 Å². The number of carbonyl (C=O) groups is 1. The van der Waals surface area contributed by atoms with Crippen molar-refractivity contribution in [1.29, 1.82) is 0 Å². The Balaban J connectivity index is 2.15. The van der Waals surface area contributed by atoms with Gasteiger partial charge in [-0.1, -0.05) is 0 Å². The third-order valence-electron chi connectivity index (χ3n) is 3.92. The molecule has 0 fully saturated rings. The molecule has 5 heteroatoms. The summed E-state index contributed by atoms with van der Waals surface area (Å²) in [5.74, 6) is 0.961. The SMILES string of the molecule is COc1cc2c(cc1OC)-c1nccc3ccnc(c13)C2=O. The maximum Gasteiger partial charge on any atom is 0.212 e. The van der Waals surface area contributed by atoms with Crippen LogP contribution in [0.2, 0.25) is 0 Å².